The number of H-pyrrole nitrogens is 1. The van der Waals surface area contributed by atoms with E-state index in [4.69, 9.17) is 0 Å². The average Bonchev–Trinajstić information content (AvgIpc) is 2.90. The fourth-order valence-electron chi connectivity index (χ4n) is 2.03. The maximum absolute atomic E-state index is 12.3. The fourth-order valence-corrected chi connectivity index (χ4v) is 2.29. The molecule has 3 rings (SSSR count). The Morgan fingerprint density at radius 2 is 1.73 bits per heavy atom. The minimum Gasteiger partial charge on any atom is -0.316 e. The van der Waals surface area contributed by atoms with E-state index in [1.54, 1.807) is 36.4 Å². The lowest BCUT2D eigenvalue weighted by Crippen LogP contribution is -2.21. The zero-order valence-corrected chi connectivity index (χ0v) is 13.0. The van der Waals surface area contributed by atoms with Crippen LogP contribution in [0.3, 0.4) is 0 Å². The zero-order valence-electron chi connectivity index (χ0n) is 11.4. The summed E-state index contributed by atoms with van der Waals surface area (Å²) in [7, 11) is 0. The average molecular weight is 358 g/mol. The van der Waals surface area contributed by atoms with E-state index in [0.717, 1.165) is 4.47 Å². The number of carbonyl (C=O) groups is 1. The molecule has 0 saturated carbocycles. The molecule has 110 valence electrons. The summed E-state index contributed by atoms with van der Waals surface area (Å²) >= 11 is 3.35. The van der Waals surface area contributed by atoms with E-state index in [2.05, 4.69) is 26.3 Å². The Kier molecular flexibility index (Phi) is 3.93. The highest BCUT2D eigenvalue weighted by Crippen LogP contribution is 2.13. The van der Waals surface area contributed by atoms with Crippen molar-refractivity contribution in [2.75, 3.05) is 5.32 Å². The van der Waals surface area contributed by atoms with Gasteiger partial charge in [0.2, 0.25) is 0 Å². The Hall–Kier alpha value is -2.60. The van der Waals surface area contributed by atoms with E-state index < -0.39 is 0 Å². The van der Waals surface area contributed by atoms with Crippen LogP contribution in [0.1, 0.15) is 10.4 Å². The normalized spacial score (nSPS) is 10.4. The molecule has 2 N–H and O–H groups in total. The molecule has 22 heavy (non-hydrogen) atoms. The summed E-state index contributed by atoms with van der Waals surface area (Å²) in [5.41, 5.74) is 1.08. The van der Waals surface area contributed by atoms with Crippen LogP contribution in [-0.2, 0) is 0 Å². The number of nitrogens with zero attached hydrogens (tertiary/aromatic N) is 1. The molecule has 3 aromatic rings. The van der Waals surface area contributed by atoms with Gasteiger partial charge in [0.1, 0.15) is 5.69 Å². The van der Waals surface area contributed by atoms with Gasteiger partial charge in [-0.15, -0.1) is 0 Å². The van der Waals surface area contributed by atoms with Crippen LogP contribution >= 0.6 is 15.9 Å². The molecule has 0 bridgehead atoms. The molecule has 0 saturated heterocycles. The van der Waals surface area contributed by atoms with Crippen molar-refractivity contribution in [3.05, 3.63) is 81.2 Å². The van der Waals surface area contributed by atoms with Crippen molar-refractivity contribution in [3.63, 3.8) is 0 Å². The number of amides is 1. The lowest BCUT2D eigenvalue weighted by atomic mass is 10.2. The van der Waals surface area contributed by atoms with Gasteiger partial charge in [0.25, 0.3) is 11.5 Å². The highest BCUT2D eigenvalue weighted by atomic mass is 79.9. The van der Waals surface area contributed by atoms with E-state index in [-0.39, 0.29) is 17.2 Å². The topological polar surface area (TPSA) is 66.9 Å². The van der Waals surface area contributed by atoms with Gasteiger partial charge in [-0.2, -0.15) is 0 Å². The molecular weight excluding hydrogens is 346 g/mol. The Morgan fingerprint density at radius 1 is 1.05 bits per heavy atom. The standard InChI is InChI=1S/C16H12BrN3O2/c17-12-6-8-13(9-7-12)20-16(22)14(10-18-20)19-15(21)11-4-2-1-3-5-11/h1-10,18H,(H,19,21). The molecule has 2 aromatic carbocycles. The first-order valence-corrected chi connectivity index (χ1v) is 7.37. The minimum atomic E-state index is -0.320. The number of anilines is 1. The second-order valence-corrected chi connectivity index (χ2v) is 5.54. The van der Waals surface area contributed by atoms with Crippen LogP contribution in [-0.4, -0.2) is 15.7 Å². The van der Waals surface area contributed by atoms with Crippen LogP contribution in [0.5, 0.6) is 0 Å². The number of aromatic nitrogens is 2. The zero-order chi connectivity index (χ0) is 15.5. The van der Waals surface area contributed by atoms with Gasteiger partial charge in [-0.3, -0.25) is 14.7 Å². The summed E-state index contributed by atoms with van der Waals surface area (Å²) in [6, 6.07) is 16.0. The van der Waals surface area contributed by atoms with Crippen molar-refractivity contribution in [3.8, 4) is 5.69 Å². The van der Waals surface area contributed by atoms with Crippen molar-refractivity contribution in [2.24, 2.45) is 0 Å². The predicted octanol–water partition coefficient (Wildman–Crippen LogP) is 3.18. The third-order valence-corrected chi connectivity index (χ3v) is 3.67. The number of hydrogen-bond acceptors (Lipinski definition) is 2. The highest BCUT2D eigenvalue weighted by Gasteiger charge is 2.12. The Morgan fingerprint density at radius 3 is 2.41 bits per heavy atom. The van der Waals surface area contributed by atoms with Crippen molar-refractivity contribution in [2.45, 2.75) is 0 Å². The monoisotopic (exact) mass is 357 g/mol. The van der Waals surface area contributed by atoms with Gasteiger partial charge in [-0.25, -0.2) is 4.68 Å². The summed E-state index contributed by atoms with van der Waals surface area (Å²) in [5, 5.41) is 5.46. The smallest absolute Gasteiger partial charge is 0.294 e. The van der Waals surface area contributed by atoms with Crippen molar-refractivity contribution in [1.82, 2.24) is 9.78 Å². The van der Waals surface area contributed by atoms with E-state index in [9.17, 15) is 9.59 Å². The van der Waals surface area contributed by atoms with Gasteiger partial charge >= 0.3 is 0 Å². The summed E-state index contributed by atoms with van der Waals surface area (Å²) < 4.78 is 2.29. The second-order valence-electron chi connectivity index (χ2n) is 4.62. The molecule has 1 aromatic heterocycles. The number of halogens is 1. The van der Waals surface area contributed by atoms with Crippen LogP contribution in [0, 0.1) is 0 Å². The molecule has 1 amide bonds. The van der Waals surface area contributed by atoms with Gasteiger partial charge in [-0.1, -0.05) is 34.1 Å². The number of hydrogen-bond donors (Lipinski definition) is 2. The van der Waals surface area contributed by atoms with E-state index in [1.165, 1.54) is 10.9 Å². The third-order valence-electron chi connectivity index (χ3n) is 3.14. The molecule has 0 fully saturated rings. The molecule has 0 unspecified atom stereocenters. The maximum atomic E-state index is 12.3. The lowest BCUT2D eigenvalue weighted by Gasteiger charge is -2.02. The number of aromatic amines is 1. The Bertz CT molecular complexity index is 851. The van der Waals surface area contributed by atoms with Crippen LogP contribution in [0.25, 0.3) is 5.69 Å². The van der Waals surface area contributed by atoms with Crippen molar-refractivity contribution in [1.29, 1.82) is 0 Å². The lowest BCUT2D eigenvalue weighted by molar-refractivity contribution is 0.102. The van der Waals surface area contributed by atoms with Crippen molar-refractivity contribution >= 4 is 27.5 Å². The summed E-state index contributed by atoms with van der Waals surface area (Å²) in [4.78, 5) is 24.4. The number of benzene rings is 2. The molecule has 1 heterocycles. The van der Waals surface area contributed by atoms with Gasteiger partial charge < -0.3 is 5.32 Å². The number of carbonyl (C=O) groups excluding carboxylic acids is 1. The first kappa shape index (κ1) is 14.3. The SMILES string of the molecule is O=C(Nc1c[nH]n(-c2ccc(Br)cc2)c1=O)c1ccccc1. The number of nitrogens with one attached hydrogen (secondary N) is 2. The van der Waals surface area contributed by atoms with Crippen molar-refractivity contribution < 1.29 is 4.79 Å². The molecule has 0 aliphatic carbocycles. The fraction of sp³-hybridized carbons (Fsp3) is 0. The second kappa shape index (κ2) is 6.03. The van der Waals surface area contributed by atoms with E-state index in [1.807, 2.05) is 18.2 Å². The van der Waals surface area contributed by atoms with E-state index in [0.29, 0.717) is 11.3 Å². The molecule has 6 heteroatoms. The first-order chi connectivity index (χ1) is 10.6. The van der Waals surface area contributed by atoms with Crippen LogP contribution in [0.4, 0.5) is 5.69 Å². The molecular formula is C16H12BrN3O2. The van der Waals surface area contributed by atoms with Gasteiger partial charge in [0.15, 0.2) is 0 Å². The summed E-state index contributed by atoms with van der Waals surface area (Å²) in [6.45, 7) is 0. The van der Waals surface area contributed by atoms with Crippen LogP contribution in [0.15, 0.2) is 70.1 Å². The molecule has 0 atom stereocenters. The van der Waals surface area contributed by atoms with Crippen LogP contribution in [0.2, 0.25) is 0 Å². The minimum absolute atomic E-state index is 0.205. The predicted molar refractivity (Wildman–Crippen MR) is 88.5 cm³/mol. The summed E-state index contributed by atoms with van der Waals surface area (Å²) in [6.07, 6.45) is 1.48. The maximum Gasteiger partial charge on any atom is 0.294 e. The van der Waals surface area contributed by atoms with Gasteiger partial charge in [-0.05, 0) is 36.4 Å². The largest absolute Gasteiger partial charge is 0.316 e. The highest BCUT2D eigenvalue weighted by molar-refractivity contribution is 9.10. The first-order valence-electron chi connectivity index (χ1n) is 6.58. The molecule has 0 radical (unpaired) electrons. The Balaban J connectivity index is 1.86. The van der Waals surface area contributed by atoms with Crippen LogP contribution < -0.4 is 10.9 Å². The molecule has 0 aliphatic heterocycles. The van der Waals surface area contributed by atoms with Gasteiger partial charge in [0, 0.05) is 16.2 Å². The summed E-state index contributed by atoms with van der Waals surface area (Å²) in [5.74, 6) is -0.320. The van der Waals surface area contributed by atoms with E-state index >= 15 is 0 Å². The Labute approximate surface area is 134 Å². The molecule has 0 aliphatic rings. The third kappa shape index (κ3) is 2.87. The molecule has 5 nitrogen and oxygen atoms in total. The quantitative estimate of drug-likeness (QED) is 0.755. The number of rotatable bonds is 3. The van der Waals surface area contributed by atoms with Gasteiger partial charge in [0.05, 0.1) is 5.69 Å². The molecule has 0 spiro atoms.